The summed E-state index contributed by atoms with van der Waals surface area (Å²) in [6, 6.07) is 4.42. The number of non-ortho nitro benzene ring substituents is 1. The molecule has 1 heterocycles. The van der Waals surface area contributed by atoms with Crippen molar-refractivity contribution in [2.24, 2.45) is 5.92 Å². The third-order valence-corrected chi connectivity index (χ3v) is 5.83. The SMILES string of the molecule is CNc1ccc([N+](=O)[O-])cc1C(=O)N1CCCN(CC2CCCCC2)CC1. The molecule has 1 saturated heterocycles. The Labute approximate surface area is 160 Å². The Kier molecular flexibility index (Phi) is 6.66. The number of amides is 1. The van der Waals surface area contributed by atoms with Crippen LogP contribution in [0.25, 0.3) is 0 Å². The lowest BCUT2D eigenvalue weighted by atomic mass is 9.89. The van der Waals surface area contributed by atoms with E-state index in [-0.39, 0.29) is 11.6 Å². The van der Waals surface area contributed by atoms with E-state index in [1.54, 1.807) is 13.1 Å². The molecule has 1 aromatic rings. The molecule has 1 aromatic carbocycles. The van der Waals surface area contributed by atoms with Crippen LogP contribution in [0.15, 0.2) is 18.2 Å². The minimum absolute atomic E-state index is 0.0499. The highest BCUT2D eigenvalue weighted by Gasteiger charge is 2.25. The molecular weight excluding hydrogens is 344 g/mol. The summed E-state index contributed by atoms with van der Waals surface area (Å²) in [4.78, 5) is 28.0. The lowest BCUT2D eigenvalue weighted by molar-refractivity contribution is -0.384. The van der Waals surface area contributed by atoms with E-state index >= 15 is 0 Å². The minimum atomic E-state index is -0.454. The van der Waals surface area contributed by atoms with Crippen LogP contribution in [0.1, 0.15) is 48.9 Å². The fourth-order valence-corrected chi connectivity index (χ4v) is 4.30. The van der Waals surface area contributed by atoms with Crippen molar-refractivity contribution in [2.45, 2.75) is 38.5 Å². The highest BCUT2D eigenvalue weighted by Crippen LogP contribution is 2.26. The standard InChI is InChI=1S/C20H30N4O3/c1-21-19-9-8-17(24(26)27)14-18(19)20(25)23-11-5-10-22(12-13-23)15-16-6-3-2-4-7-16/h8-9,14,16,21H,2-7,10-13,15H2,1H3. The second-order valence-corrected chi connectivity index (χ2v) is 7.69. The molecular formula is C20H30N4O3. The predicted octanol–water partition coefficient (Wildman–Crippen LogP) is 3.36. The van der Waals surface area contributed by atoms with Gasteiger partial charge in [-0.25, -0.2) is 0 Å². The fraction of sp³-hybridized carbons (Fsp3) is 0.650. The van der Waals surface area contributed by atoms with Gasteiger partial charge in [0.25, 0.3) is 11.6 Å². The van der Waals surface area contributed by atoms with Gasteiger partial charge in [0.05, 0.1) is 10.5 Å². The first kappa shape index (κ1) is 19.6. The first-order valence-electron chi connectivity index (χ1n) is 10.1. The van der Waals surface area contributed by atoms with Crippen molar-refractivity contribution >= 4 is 17.3 Å². The van der Waals surface area contributed by atoms with E-state index in [0.717, 1.165) is 32.0 Å². The molecule has 1 aliphatic heterocycles. The largest absolute Gasteiger partial charge is 0.387 e. The fourth-order valence-electron chi connectivity index (χ4n) is 4.30. The summed E-state index contributed by atoms with van der Waals surface area (Å²) < 4.78 is 0. The summed E-state index contributed by atoms with van der Waals surface area (Å²) in [5.41, 5.74) is 0.965. The minimum Gasteiger partial charge on any atom is -0.387 e. The van der Waals surface area contributed by atoms with E-state index in [1.165, 1.54) is 44.2 Å². The molecule has 1 saturated carbocycles. The molecule has 2 fully saturated rings. The lowest BCUT2D eigenvalue weighted by Gasteiger charge is -2.29. The third kappa shape index (κ3) is 4.97. The van der Waals surface area contributed by atoms with Crippen LogP contribution in [-0.4, -0.2) is 60.4 Å². The zero-order chi connectivity index (χ0) is 19.2. The number of hydrogen-bond donors (Lipinski definition) is 1. The summed E-state index contributed by atoms with van der Waals surface area (Å²) in [6.45, 7) is 4.42. The van der Waals surface area contributed by atoms with E-state index < -0.39 is 4.92 Å². The maximum Gasteiger partial charge on any atom is 0.270 e. The monoisotopic (exact) mass is 374 g/mol. The Morgan fingerprint density at radius 3 is 2.63 bits per heavy atom. The second-order valence-electron chi connectivity index (χ2n) is 7.69. The van der Waals surface area contributed by atoms with Crippen molar-refractivity contribution in [3.05, 3.63) is 33.9 Å². The van der Waals surface area contributed by atoms with Crippen LogP contribution >= 0.6 is 0 Å². The van der Waals surface area contributed by atoms with Crippen LogP contribution in [-0.2, 0) is 0 Å². The first-order valence-corrected chi connectivity index (χ1v) is 10.1. The number of nitrogens with zero attached hydrogens (tertiary/aromatic N) is 3. The number of benzene rings is 1. The van der Waals surface area contributed by atoms with E-state index in [1.807, 2.05) is 4.90 Å². The molecule has 1 aliphatic carbocycles. The van der Waals surface area contributed by atoms with Gasteiger partial charge in [-0.15, -0.1) is 0 Å². The molecule has 1 N–H and O–H groups in total. The summed E-state index contributed by atoms with van der Waals surface area (Å²) in [5, 5.41) is 14.1. The Bertz CT molecular complexity index is 673. The summed E-state index contributed by atoms with van der Waals surface area (Å²) in [6.07, 6.45) is 7.68. The van der Waals surface area contributed by atoms with Gasteiger partial charge in [0.15, 0.2) is 0 Å². The lowest BCUT2D eigenvalue weighted by Crippen LogP contribution is -2.37. The number of nitrogens with one attached hydrogen (secondary N) is 1. The maximum absolute atomic E-state index is 13.0. The number of nitro groups is 1. The molecule has 3 rings (SSSR count). The molecule has 0 spiro atoms. The van der Waals surface area contributed by atoms with E-state index in [2.05, 4.69) is 10.2 Å². The Hall–Kier alpha value is -2.15. The van der Waals surface area contributed by atoms with Gasteiger partial charge in [-0.2, -0.15) is 0 Å². The normalized spacial score (nSPS) is 19.5. The average molecular weight is 374 g/mol. The smallest absolute Gasteiger partial charge is 0.270 e. The Morgan fingerprint density at radius 2 is 1.93 bits per heavy atom. The quantitative estimate of drug-likeness (QED) is 0.631. The highest BCUT2D eigenvalue weighted by molar-refractivity contribution is 6.00. The molecule has 0 unspecified atom stereocenters. The van der Waals surface area contributed by atoms with Gasteiger partial charge in [0.1, 0.15) is 0 Å². The van der Waals surface area contributed by atoms with Crippen LogP contribution in [0.5, 0.6) is 0 Å². The maximum atomic E-state index is 13.0. The van der Waals surface area contributed by atoms with Crippen molar-refractivity contribution in [1.29, 1.82) is 0 Å². The Balaban J connectivity index is 1.65. The van der Waals surface area contributed by atoms with Crippen LogP contribution in [0.2, 0.25) is 0 Å². The zero-order valence-electron chi connectivity index (χ0n) is 16.2. The molecule has 0 radical (unpaired) electrons. The predicted molar refractivity (Wildman–Crippen MR) is 106 cm³/mol. The van der Waals surface area contributed by atoms with Gasteiger partial charge in [-0.05, 0) is 37.8 Å². The van der Waals surface area contributed by atoms with Gasteiger partial charge in [-0.1, -0.05) is 19.3 Å². The van der Waals surface area contributed by atoms with Gasteiger partial charge in [0.2, 0.25) is 0 Å². The number of nitro benzene ring substituents is 1. The molecule has 0 aromatic heterocycles. The number of carbonyl (C=O) groups is 1. The van der Waals surface area contributed by atoms with E-state index in [0.29, 0.717) is 24.3 Å². The molecule has 0 atom stereocenters. The van der Waals surface area contributed by atoms with E-state index in [4.69, 9.17) is 0 Å². The summed E-state index contributed by atoms with van der Waals surface area (Å²) in [7, 11) is 1.73. The topological polar surface area (TPSA) is 78.7 Å². The van der Waals surface area contributed by atoms with Gasteiger partial charge < -0.3 is 15.1 Å². The van der Waals surface area contributed by atoms with Crippen molar-refractivity contribution in [2.75, 3.05) is 45.1 Å². The third-order valence-electron chi connectivity index (χ3n) is 5.83. The number of anilines is 1. The molecule has 7 heteroatoms. The van der Waals surface area contributed by atoms with Crippen molar-refractivity contribution in [1.82, 2.24) is 9.80 Å². The molecule has 2 aliphatic rings. The average Bonchev–Trinajstić information content (AvgIpc) is 2.93. The van der Waals surface area contributed by atoms with Crippen LogP contribution < -0.4 is 5.32 Å². The van der Waals surface area contributed by atoms with Crippen LogP contribution in [0.4, 0.5) is 11.4 Å². The van der Waals surface area contributed by atoms with Crippen molar-refractivity contribution in [3.63, 3.8) is 0 Å². The van der Waals surface area contributed by atoms with Crippen LogP contribution in [0, 0.1) is 16.0 Å². The van der Waals surface area contributed by atoms with Crippen LogP contribution in [0.3, 0.4) is 0 Å². The molecule has 0 bridgehead atoms. The molecule has 1 amide bonds. The number of rotatable bonds is 5. The van der Waals surface area contributed by atoms with Gasteiger partial charge in [0, 0.05) is 51.0 Å². The molecule has 27 heavy (non-hydrogen) atoms. The number of carbonyl (C=O) groups excluding carboxylic acids is 1. The van der Waals surface area contributed by atoms with Gasteiger partial charge in [-0.3, -0.25) is 14.9 Å². The van der Waals surface area contributed by atoms with E-state index in [9.17, 15) is 14.9 Å². The van der Waals surface area contributed by atoms with Gasteiger partial charge >= 0.3 is 0 Å². The summed E-state index contributed by atoms with van der Waals surface area (Å²) >= 11 is 0. The molecule has 148 valence electrons. The zero-order valence-corrected chi connectivity index (χ0v) is 16.2. The highest BCUT2D eigenvalue weighted by atomic mass is 16.6. The second kappa shape index (κ2) is 9.17. The van der Waals surface area contributed by atoms with Crippen molar-refractivity contribution in [3.8, 4) is 0 Å². The van der Waals surface area contributed by atoms with Crippen molar-refractivity contribution < 1.29 is 9.72 Å². The Morgan fingerprint density at radius 1 is 1.15 bits per heavy atom. The molecule has 7 nitrogen and oxygen atoms in total. The number of hydrogen-bond acceptors (Lipinski definition) is 5. The first-order chi connectivity index (χ1) is 13.1. The summed E-state index contributed by atoms with van der Waals surface area (Å²) in [5.74, 6) is 0.677.